The van der Waals surface area contributed by atoms with Crippen LogP contribution in [-0.2, 0) is 47.2 Å². The van der Waals surface area contributed by atoms with Crippen molar-refractivity contribution in [2.24, 2.45) is 0 Å². The van der Waals surface area contributed by atoms with Crippen LogP contribution in [0, 0.1) is 11.3 Å². The topological polar surface area (TPSA) is 225 Å². The molecule has 0 radical (unpaired) electrons. The number of aromatic nitrogens is 3. The van der Waals surface area contributed by atoms with Crippen LogP contribution in [0.25, 0.3) is 5.52 Å². The number of hydrogen-bond acceptors (Lipinski definition) is 15. The van der Waals surface area contributed by atoms with E-state index in [9.17, 15) is 24.2 Å². The zero-order valence-corrected chi connectivity index (χ0v) is 27.7. The van der Waals surface area contributed by atoms with E-state index in [1.165, 1.54) is 35.7 Å². The molecule has 4 rings (SSSR count). The number of anilines is 1. The molecule has 3 N–H and O–H groups in total. The summed E-state index contributed by atoms with van der Waals surface area (Å²) in [5.74, 6) is -2.22. The van der Waals surface area contributed by atoms with Gasteiger partial charge in [0.1, 0.15) is 42.4 Å². The van der Waals surface area contributed by atoms with Crippen molar-refractivity contribution in [3.8, 4) is 11.8 Å². The Balaban J connectivity index is 1.69. The first-order chi connectivity index (χ1) is 22.9. The molecule has 1 aliphatic heterocycles. The molecule has 0 aliphatic carbocycles. The van der Waals surface area contributed by atoms with Crippen molar-refractivity contribution in [2.45, 2.75) is 63.6 Å². The highest BCUT2D eigenvalue weighted by atomic mass is 31.2. The molecule has 0 saturated carbocycles. The molecular weight excluding hydrogens is 651 g/mol. The van der Waals surface area contributed by atoms with Crippen LogP contribution in [0.3, 0.4) is 0 Å². The molecule has 18 heteroatoms. The average molecular weight is 689 g/mol. The summed E-state index contributed by atoms with van der Waals surface area (Å²) in [6.45, 7) is 3.56. The SMILES string of the molecule is CO[C@](C#N)(COP(=O)(N[C@@H](C)C(=O)OC1CCOCC1)Oc1ccccc1)[C@@H](OC(C)=O)[C@@H](OC(C)=O)c1ccc2c(N)ncnn12. The summed E-state index contributed by atoms with van der Waals surface area (Å²) in [6, 6.07) is 11.7. The Labute approximate surface area is 276 Å². The molecule has 1 fully saturated rings. The van der Waals surface area contributed by atoms with E-state index in [4.69, 9.17) is 38.5 Å². The van der Waals surface area contributed by atoms with Crippen LogP contribution in [0.1, 0.15) is 45.4 Å². The van der Waals surface area contributed by atoms with E-state index < -0.39 is 56.1 Å². The van der Waals surface area contributed by atoms with Crippen LogP contribution in [0.15, 0.2) is 48.8 Å². The van der Waals surface area contributed by atoms with E-state index in [1.54, 1.807) is 18.2 Å². The number of esters is 3. The highest BCUT2D eigenvalue weighted by Crippen LogP contribution is 2.47. The number of fused-ring (bicyclic) bond motifs is 1. The minimum atomic E-state index is -4.56. The second-order valence-electron chi connectivity index (χ2n) is 10.7. The molecular formula is C30H37N6O11P. The number of nitrogens with zero attached hydrogens (tertiary/aromatic N) is 4. The lowest BCUT2D eigenvalue weighted by atomic mass is 9.92. The van der Waals surface area contributed by atoms with Gasteiger partial charge in [0.05, 0.1) is 18.9 Å². The number of benzene rings is 1. The Morgan fingerprint density at radius 2 is 1.83 bits per heavy atom. The van der Waals surface area contributed by atoms with E-state index in [0.717, 1.165) is 27.3 Å². The van der Waals surface area contributed by atoms with Gasteiger partial charge < -0.3 is 33.9 Å². The van der Waals surface area contributed by atoms with Gasteiger partial charge in [-0.15, -0.1) is 0 Å². The number of para-hydroxylation sites is 1. The predicted molar refractivity (Wildman–Crippen MR) is 166 cm³/mol. The van der Waals surface area contributed by atoms with Crippen LogP contribution in [0.5, 0.6) is 5.75 Å². The molecule has 17 nitrogen and oxygen atoms in total. The third kappa shape index (κ3) is 8.85. The van der Waals surface area contributed by atoms with E-state index in [-0.39, 0.29) is 23.4 Å². The summed E-state index contributed by atoms with van der Waals surface area (Å²) < 4.78 is 54.8. The first-order valence-electron chi connectivity index (χ1n) is 14.8. The fraction of sp³-hybridized carbons (Fsp3) is 0.467. The lowest BCUT2D eigenvalue weighted by molar-refractivity contribution is -0.191. The number of ether oxygens (including phenoxy) is 5. The largest absolute Gasteiger partial charge is 0.461 e. The van der Waals surface area contributed by atoms with Gasteiger partial charge in [-0.1, -0.05) is 18.2 Å². The van der Waals surface area contributed by atoms with E-state index >= 15 is 0 Å². The van der Waals surface area contributed by atoms with Crippen molar-refractivity contribution in [2.75, 3.05) is 32.7 Å². The van der Waals surface area contributed by atoms with Crippen molar-refractivity contribution in [1.29, 1.82) is 5.26 Å². The summed E-state index contributed by atoms with van der Waals surface area (Å²) >= 11 is 0. The molecule has 0 amide bonds. The van der Waals surface area contributed by atoms with Gasteiger partial charge in [-0.2, -0.15) is 15.4 Å². The molecule has 3 heterocycles. The average Bonchev–Trinajstić information content (AvgIpc) is 3.50. The molecule has 1 aromatic carbocycles. The number of carbonyl (C=O) groups excluding carboxylic acids is 3. The van der Waals surface area contributed by atoms with Crippen LogP contribution in [0.2, 0.25) is 0 Å². The standard InChI is InChI=1S/C30H37N6O11P/c1-19(29(39)46-22-12-14-42-15-13-22)35-48(40,47-23-8-6-5-7-9-23)43-17-30(16-31,41-4)27(45-21(3)38)26(44-20(2)37)24-10-11-25-28(32)33-18-34-36(24)25/h5-11,18-19,22,26-27H,12-15,17H2,1-4H3,(H,35,40)(H2,32,33,34)/t19-,26-,27-,30+,48?/m0/s1. The van der Waals surface area contributed by atoms with Crippen molar-refractivity contribution < 1.29 is 51.7 Å². The summed E-state index contributed by atoms with van der Waals surface area (Å²) in [5, 5.41) is 17.3. The fourth-order valence-electron chi connectivity index (χ4n) is 4.86. The molecule has 3 aromatic rings. The van der Waals surface area contributed by atoms with Gasteiger partial charge in [0.15, 0.2) is 18.0 Å². The maximum atomic E-state index is 14.3. The number of carbonyl (C=O) groups is 3. The van der Waals surface area contributed by atoms with Crippen LogP contribution in [-0.4, -0.2) is 83.3 Å². The number of rotatable bonds is 15. The summed E-state index contributed by atoms with van der Waals surface area (Å²) in [4.78, 5) is 41.8. The first kappa shape index (κ1) is 36.2. The van der Waals surface area contributed by atoms with Gasteiger partial charge in [0, 0.05) is 33.8 Å². The first-order valence-corrected chi connectivity index (χ1v) is 16.4. The third-order valence-electron chi connectivity index (χ3n) is 7.25. The second-order valence-corrected chi connectivity index (χ2v) is 12.4. The zero-order chi connectivity index (χ0) is 34.9. The lowest BCUT2D eigenvalue weighted by Crippen LogP contribution is -2.53. The quantitative estimate of drug-likeness (QED) is 0.133. The minimum absolute atomic E-state index is 0.0954. The number of nitriles is 1. The molecule has 0 bridgehead atoms. The van der Waals surface area contributed by atoms with Crippen LogP contribution in [0.4, 0.5) is 5.82 Å². The van der Waals surface area contributed by atoms with Crippen molar-refractivity contribution in [3.63, 3.8) is 0 Å². The van der Waals surface area contributed by atoms with Crippen molar-refractivity contribution in [1.82, 2.24) is 19.7 Å². The van der Waals surface area contributed by atoms with Crippen molar-refractivity contribution >= 4 is 37.0 Å². The Morgan fingerprint density at radius 3 is 2.46 bits per heavy atom. The van der Waals surface area contributed by atoms with Gasteiger partial charge in [0.2, 0.25) is 5.60 Å². The van der Waals surface area contributed by atoms with Gasteiger partial charge in [0.25, 0.3) is 0 Å². The number of nitrogens with two attached hydrogens (primary N) is 1. The molecule has 0 spiro atoms. The fourth-order valence-corrected chi connectivity index (χ4v) is 6.39. The van der Waals surface area contributed by atoms with Gasteiger partial charge >= 0.3 is 25.7 Å². The normalized spacial score (nSPS) is 17.9. The lowest BCUT2D eigenvalue weighted by Gasteiger charge is -2.37. The van der Waals surface area contributed by atoms with Crippen LogP contribution < -0.4 is 15.3 Å². The minimum Gasteiger partial charge on any atom is -0.461 e. The number of nitrogens with one attached hydrogen (secondary N) is 1. The Morgan fingerprint density at radius 1 is 1.15 bits per heavy atom. The highest BCUT2D eigenvalue weighted by molar-refractivity contribution is 7.52. The number of methoxy groups -OCH3 is 1. The van der Waals surface area contributed by atoms with E-state index in [0.29, 0.717) is 31.6 Å². The Bertz CT molecular complexity index is 1680. The molecule has 1 unspecified atom stereocenters. The van der Waals surface area contributed by atoms with Gasteiger partial charge in [-0.3, -0.25) is 18.9 Å². The second kappa shape index (κ2) is 16.0. The summed E-state index contributed by atoms with van der Waals surface area (Å²) in [6.07, 6.45) is -1.51. The van der Waals surface area contributed by atoms with E-state index in [1.807, 2.05) is 6.07 Å². The van der Waals surface area contributed by atoms with Crippen molar-refractivity contribution in [3.05, 3.63) is 54.5 Å². The molecule has 2 aromatic heterocycles. The summed E-state index contributed by atoms with van der Waals surface area (Å²) in [7, 11) is -3.44. The van der Waals surface area contributed by atoms with Gasteiger partial charge in [-0.05, 0) is 31.2 Å². The van der Waals surface area contributed by atoms with E-state index in [2.05, 4.69) is 15.2 Å². The van der Waals surface area contributed by atoms with Gasteiger partial charge in [-0.25, -0.2) is 14.1 Å². The summed E-state index contributed by atoms with van der Waals surface area (Å²) in [5.41, 5.74) is 4.13. The Hall–Kier alpha value is -4.59. The zero-order valence-electron chi connectivity index (χ0n) is 26.8. The maximum absolute atomic E-state index is 14.3. The molecule has 258 valence electrons. The maximum Gasteiger partial charge on any atom is 0.459 e. The number of hydrogen-bond donors (Lipinski definition) is 2. The number of nitrogen functional groups attached to an aromatic ring is 1. The highest BCUT2D eigenvalue weighted by Gasteiger charge is 2.52. The molecule has 5 atom stereocenters. The molecule has 48 heavy (non-hydrogen) atoms. The predicted octanol–water partition coefficient (Wildman–Crippen LogP) is 2.66. The monoisotopic (exact) mass is 688 g/mol. The Kier molecular flexibility index (Phi) is 12.1. The molecule has 1 aliphatic rings. The third-order valence-corrected chi connectivity index (χ3v) is 8.87. The van der Waals surface area contributed by atoms with Crippen LogP contribution >= 0.6 is 7.75 Å². The smallest absolute Gasteiger partial charge is 0.459 e. The molecule has 1 saturated heterocycles.